The van der Waals surface area contributed by atoms with Crippen molar-refractivity contribution in [3.8, 4) is 5.88 Å². The van der Waals surface area contributed by atoms with Crippen molar-refractivity contribution < 1.29 is 9.53 Å². The lowest BCUT2D eigenvalue weighted by molar-refractivity contribution is 0.251. The van der Waals surface area contributed by atoms with Gasteiger partial charge in [0.1, 0.15) is 5.82 Å². The van der Waals surface area contributed by atoms with E-state index < -0.39 is 0 Å². The van der Waals surface area contributed by atoms with Gasteiger partial charge in [0.05, 0.1) is 19.0 Å². The summed E-state index contributed by atoms with van der Waals surface area (Å²) in [6.45, 7) is 2.54. The first-order valence-electron chi connectivity index (χ1n) is 8.49. The van der Waals surface area contributed by atoms with E-state index in [1.165, 1.54) is 19.3 Å². The average molecular weight is 341 g/mol. The molecule has 132 valence electrons. The predicted molar refractivity (Wildman–Crippen MR) is 96.9 cm³/mol. The number of ether oxygens (including phenoxy) is 1. The van der Waals surface area contributed by atoms with Gasteiger partial charge in [-0.2, -0.15) is 0 Å². The summed E-state index contributed by atoms with van der Waals surface area (Å²) in [4.78, 5) is 22.8. The molecule has 1 fully saturated rings. The molecule has 1 aliphatic heterocycles. The van der Waals surface area contributed by atoms with Crippen LogP contribution in [0.5, 0.6) is 5.88 Å². The number of carbonyl (C=O) groups excluding carboxylic acids is 1. The third kappa shape index (κ3) is 4.82. The molecule has 0 bridgehead atoms. The third-order valence-electron chi connectivity index (χ3n) is 4.15. The van der Waals surface area contributed by atoms with Gasteiger partial charge in [0, 0.05) is 31.9 Å². The second-order valence-corrected chi connectivity index (χ2v) is 5.97. The average Bonchev–Trinajstić information content (AvgIpc) is 2.68. The van der Waals surface area contributed by atoms with Crippen LogP contribution in [0.15, 0.2) is 36.7 Å². The molecule has 2 amide bonds. The zero-order valence-electron chi connectivity index (χ0n) is 14.4. The normalized spacial score (nSPS) is 14.0. The Bertz CT molecular complexity index is 699. The Kier molecular flexibility index (Phi) is 5.66. The highest BCUT2D eigenvalue weighted by atomic mass is 16.5. The van der Waals surface area contributed by atoms with Crippen LogP contribution in [0.3, 0.4) is 0 Å². The second-order valence-electron chi connectivity index (χ2n) is 5.97. The van der Waals surface area contributed by atoms with Crippen LogP contribution < -0.4 is 20.3 Å². The summed E-state index contributed by atoms with van der Waals surface area (Å²) >= 11 is 0. The first-order chi connectivity index (χ1) is 12.2. The van der Waals surface area contributed by atoms with Gasteiger partial charge in [-0.25, -0.2) is 14.8 Å². The van der Waals surface area contributed by atoms with E-state index in [2.05, 4.69) is 25.5 Å². The Morgan fingerprint density at radius 1 is 1.20 bits per heavy atom. The smallest absolute Gasteiger partial charge is 0.319 e. The molecule has 7 heteroatoms. The number of aromatic nitrogens is 2. The highest BCUT2D eigenvalue weighted by molar-refractivity contribution is 5.88. The van der Waals surface area contributed by atoms with Crippen molar-refractivity contribution in [2.45, 2.75) is 25.8 Å². The van der Waals surface area contributed by atoms with E-state index in [0.717, 1.165) is 24.5 Å². The van der Waals surface area contributed by atoms with E-state index >= 15 is 0 Å². The zero-order chi connectivity index (χ0) is 17.5. The SMILES string of the molecule is COc1ccc(NC(=O)NCc2ccnc(N3CCCCC3)c2)cn1. The van der Waals surface area contributed by atoms with E-state index in [-0.39, 0.29) is 6.03 Å². The molecule has 7 nitrogen and oxygen atoms in total. The number of anilines is 2. The maximum atomic E-state index is 12.0. The molecule has 1 saturated heterocycles. The number of pyridine rings is 2. The zero-order valence-corrected chi connectivity index (χ0v) is 14.4. The van der Waals surface area contributed by atoms with E-state index in [4.69, 9.17) is 4.74 Å². The van der Waals surface area contributed by atoms with Crippen molar-refractivity contribution in [1.82, 2.24) is 15.3 Å². The molecule has 2 N–H and O–H groups in total. The van der Waals surface area contributed by atoms with Gasteiger partial charge in [0.2, 0.25) is 5.88 Å². The Hall–Kier alpha value is -2.83. The van der Waals surface area contributed by atoms with Crippen molar-refractivity contribution in [2.24, 2.45) is 0 Å². The third-order valence-corrected chi connectivity index (χ3v) is 4.15. The van der Waals surface area contributed by atoms with Crippen molar-refractivity contribution in [2.75, 3.05) is 30.4 Å². The topological polar surface area (TPSA) is 79.4 Å². The highest BCUT2D eigenvalue weighted by Crippen LogP contribution is 2.18. The lowest BCUT2D eigenvalue weighted by Gasteiger charge is -2.27. The maximum absolute atomic E-state index is 12.0. The molecule has 2 aromatic rings. The van der Waals surface area contributed by atoms with Gasteiger partial charge in [-0.05, 0) is 43.0 Å². The van der Waals surface area contributed by atoms with Crippen LogP contribution >= 0.6 is 0 Å². The largest absolute Gasteiger partial charge is 0.481 e. The molecule has 0 spiro atoms. The summed E-state index contributed by atoms with van der Waals surface area (Å²) in [6, 6.07) is 7.13. The molecular formula is C18H23N5O2. The summed E-state index contributed by atoms with van der Waals surface area (Å²) in [5.74, 6) is 1.49. The number of rotatable bonds is 5. The van der Waals surface area contributed by atoms with Crippen LogP contribution in [-0.4, -0.2) is 36.2 Å². The first kappa shape index (κ1) is 17.0. The lowest BCUT2D eigenvalue weighted by Crippen LogP contribution is -2.31. The molecular weight excluding hydrogens is 318 g/mol. The fraction of sp³-hybridized carbons (Fsp3) is 0.389. The van der Waals surface area contributed by atoms with Crippen LogP contribution in [0.1, 0.15) is 24.8 Å². The second kappa shape index (κ2) is 8.32. The van der Waals surface area contributed by atoms with Crippen LogP contribution in [0.4, 0.5) is 16.3 Å². The quantitative estimate of drug-likeness (QED) is 0.874. The van der Waals surface area contributed by atoms with Crippen molar-refractivity contribution in [3.05, 3.63) is 42.2 Å². The Balaban J connectivity index is 1.52. The van der Waals surface area contributed by atoms with Crippen molar-refractivity contribution >= 4 is 17.5 Å². The van der Waals surface area contributed by atoms with Crippen molar-refractivity contribution in [1.29, 1.82) is 0 Å². The molecule has 0 saturated carbocycles. The summed E-state index contributed by atoms with van der Waals surface area (Å²) in [5, 5.41) is 5.60. The number of methoxy groups -OCH3 is 1. The van der Waals surface area contributed by atoms with Crippen LogP contribution in [0.2, 0.25) is 0 Å². The van der Waals surface area contributed by atoms with Gasteiger partial charge in [0.15, 0.2) is 0 Å². The number of nitrogens with zero attached hydrogens (tertiary/aromatic N) is 3. The molecule has 3 heterocycles. The van der Waals surface area contributed by atoms with Crippen LogP contribution in [-0.2, 0) is 6.54 Å². The van der Waals surface area contributed by atoms with Crippen molar-refractivity contribution in [3.63, 3.8) is 0 Å². The maximum Gasteiger partial charge on any atom is 0.319 e. The lowest BCUT2D eigenvalue weighted by atomic mass is 10.1. The number of hydrogen-bond donors (Lipinski definition) is 2. The summed E-state index contributed by atoms with van der Waals surface area (Å²) in [7, 11) is 1.55. The van der Waals surface area contributed by atoms with Gasteiger partial charge < -0.3 is 20.3 Å². The molecule has 0 radical (unpaired) electrons. The Labute approximate surface area is 147 Å². The van der Waals surface area contributed by atoms with Gasteiger partial charge in [-0.3, -0.25) is 0 Å². The number of piperidine rings is 1. The minimum absolute atomic E-state index is 0.275. The van der Waals surface area contributed by atoms with E-state index in [1.807, 2.05) is 12.1 Å². The number of carbonyl (C=O) groups is 1. The molecule has 0 aromatic carbocycles. The molecule has 1 aliphatic rings. The molecule has 0 aliphatic carbocycles. The van der Waals surface area contributed by atoms with Gasteiger partial charge in [-0.15, -0.1) is 0 Å². The molecule has 0 unspecified atom stereocenters. The Morgan fingerprint density at radius 2 is 2.04 bits per heavy atom. The van der Waals surface area contributed by atoms with E-state index in [1.54, 1.807) is 31.6 Å². The molecule has 3 rings (SSSR count). The molecule has 25 heavy (non-hydrogen) atoms. The minimum atomic E-state index is -0.275. The molecule has 0 atom stereocenters. The number of hydrogen-bond acceptors (Lipinski definition) is 5. The summed E-state index contributed by atoms with van der Waals surface area (Å²) < 4.78 is 4.99. The van der Waals surface area contributed by atoms with E-state index in [9.17, 15) is 4.79 Å². The Morgan fingerprint density at radius 3 is 2.76 bits per heavy atom. The number of nitrogens with one attached hydrogen (secondary N) is 2. The minimum Gasteiger partial charge on any atom is -0.481 e. The van der Waals surface area contributed by atoms with Crippen LogP contribution in [0.25, 0.3) is 0 Å². The summed E-state index contributed by atoms with van der Waals surface area (Å²) in [5.41, 5.74) is 1.64. The number of amides is 2. The van der Waals surface area contributed by atoms with Gasteiger partial charge in [0.25, 0.3) is 0 Å². The fourth-order valence-electron chi connectivity index (χ4n) is 2.80. The number of urea groups is 1. The standard InChI is InChI=1S/C18H23N5O2/c1-25-17-6-5-15(13-20-17)22-18(24)21-12-14-7-8-19-16(11-14)23-9-3-2-4-10-23/h5-8,11,13H,2-4,9-10,12H2,1H3,(H2,21,22,24). The van der Waals surface area contributed by atoms with Crippen LogP contribution in [0, 0.1) is 0 Å². The first-order valence-corrected chi connectivity index (χ1v) is 8.49. The monoisotopic (exact) mass is 341 g/mol. The highest BCUT2D eigenvalue weighted by Gasteiger charge is 2.12. The molecule has 2 aromatic heterocycles. The van der Waals surface area contributed by atoms with Gasteiger partial charge in [-0.1, -0.05) is 0 Å². The fourth-order valence-corrected chi connectivity index (χ4v) is 2.80. The van der Waals surface area contributed by atoms with E-state index in [0.29, 0.717) is 18.1 Å². The van der Waals surface area contributed by atoms with Gasteiger partial charge >= 0.3 is 6.03 Å². The summed E-state index contributed by atoms with van der Waals surface area (Å²) in [6.07, 6.45) is 7.06. The predicted octanol–water partition coefficient (Wildman–Crippen LogP) is 2.80.